The van der Waals surface area contributed by atoms with Crippen LogP contribution in [0.15, 0.2) is 73.1 Å². The average Bonchev–Trinajstić information content (AvgIpc) is 2.62. The van der Waals surface area contributed by atoms with Crippen molar-refractivity contribution >= 4 is 5.82 Å². The van der Waals surface area contributed by atoms with Crippen LogP contribution in [-0.2, 0) is 0 Å². The zero-order chi connectivity index (χ0) is 15.2. The van der Waals surface area contributed by atoms with E-state index < -0.39 is 0 Å². The summed E-state index contributed by atoms with van der Waals surface area (Å²) in [4.78, 5) is 8.30. The third kappa shape index (κ3) is 3.10. The van der Waals surface area contributed by atoms with Crippen LogP contribution in [0.25, 0.3) is 0 Å². The highest BCUT2D eigenvalue weighted by Gasteiger charge is 2.14. The summed E-state index contributed by atoms with van der Waals surface area (Å²) >= 11 is 0. The maximum Gasteiger partial charge on any atom is 0.158 e. The second-order valence-electron chi connectivity index (χ2n) is 4.80. The van der Waals surface area contributed by atoms with Crippen molar-refractivity contribution in [2.45, 2.75) is 6.04 Å². The Kier molecular flexibility index (Phi) is 4.08. The van der Waals surface area contributed by atoms with Gasteiger partial charge in [-0.15, -0.1) is 0 Å². The van der Waals surface area contributed by atoms with E-state index in [1.807, 2.05) is 42.5 Å². The van der Waals surface area contributed by atoms with Gasteiger partial charge >= 0.3 is 0 Å². The van der Waals surface area contributed by atoms with Gasteiger partial charge in [0.05, 0.1) is 18.4 Å². The number of hydrogen-bond acceptors (Lipinski definition) is 4. The minimum Gasteiger partial charge on any atom is -0.358 e. The molecule has 22 heavy (non-hydrogen) atoms. The molecule has 0 atom stereocenters. The monoisotopic (exact) mass is 286 g/mol. The van der Waals surface area contributed by atoms with Crippen LogP contribution >= 0.6 is 0 Å². The number of hydrogen-bond donors (Lipinski definition) is 1. The van der Waals surface area contributed by atoms with Crippen LogP contribution in [0, 0.1) is 11.3 Å². The summed E-state index contributed by atoms with van der Waals surface area (Å²) in [6.45, 7) is 0. The van der Waals surface area contributed by atoms with Crippen LogP contribution in [0.5, 0.6) is 0 Å². The summed E-state index contributed by atoms with van der Waals surface area (Å²) in [6, 6.07) is 22.3. The van der Waals surface area contributed by atoms with E-state index in [0.717, 1.165) is 11.1 Å². The first-order valence-electron chi connectivity index (χ1n) is 6.95. The Bertz CT molecular complexity index is 722. The van der Waals surface area contributed by atoms with Crippen LogP contribution in [0.4, 0.5) is 5.82 Å². The molecule has 0 aliphatic heterocycles. The van der Waals surface area contributed by atoms with Gasteiger partial charge in [0.15, 0.2) is 5.69 Å². The lowest BCUT2D eigenvalue weighted by Gasteiger charge is -2.20. The van der Waals surface area contributed by atoms with E-state index in [0.29, 0.717) is 11.5 Å². The third-order valence-corrected chi connectivity index (χ3v) is 3.32. The predicted octanol–water partition coefficient (Wildman–Crippen LogP) is 3.55. The fourth-order valence-electron chi connectivity index (χ4n) is 2.26. The molecule has 106 valence electrons. The molecule has 3 rings (SSSR count). The first kappa shape index (κ1) is 13.8. The lowest BCUT2D eigenvalue weighted by molar-refractivity contribution is 0.921. The van der Waals surface area contributed by atoms with Gasteiger partial charge in [-0.2, -0.15) is 5.26 Å². The van der Waals surface area contributed by atoms with Crippen molar-refractivity contribution in [1.29, 1.82) is 5.26 Å². The van der Waals surface area contributed by atoms with Gasteiger partial charge in [-0.05, 0) is 11.1 Å². The molecule has 0 spiro atoms. The maximum atomic E-state index is 8.79. The molecule has 1 heterocycles. The molecule has 0 amide bonds. The van der Waals surface area contributed by atoms with E-state index in [1.54, 1.807) is 6.20 Å². The fraction of sp³-hybridized carbons (Fsp3) is 0.0556. The third-order valence-electron chi connectivity index (χ3n) is 3.32. The zero-order valence-electron chi connectivity index (χ0n) is 11.8. The van der Waals surface area contributed by atoms with Gasteiger partial charge in [0, 0.05) is 0 Å². The topological polar surface area (TPSA) is 61.6 Å². The second kappa shape index (κ2) is 6.51. The molecule has 0 saturated carbocycles. The van der Waals surface area contributed by atoms with Gasteiger partial charge in [0.2, 0.25) is 0 Å². The number of nitrogens with zero attached hydrogens (tertiary/aromatic N) is 3. The summed E-state index contributed by atoms with van der Waals surface area (Å²) < 4.78 is 0. The van der Waals surface area contributed by atoms with Crippen molar-refractivity contribution in [3.8, 4) is 6.07 Å². The quantitative estimate of drug-likeness (QED) is 0.796. The minimum atomic E-state index is -0.0235. The molecule has 0 aliphatic carbocycles. The molecule has 0 fully saturated rings. The Balaban J connectivity index is 1.94. The van der Waals surface area contributed by atoms with E-state index >= 15 is 0 Å². The smallest absolute Gasteiger partial charge is 0.158 e. The first-order valence-corrected chi connectivity index (χ1v) is 6.95. The van der Waals surface area contributed by atoms with Gasteiger partial charge < -0.3 is 5.32 Å². The highest BCUT2D eigenvalue weighted by molar-refractivity contribution is 5.43. The van der Waals surface area contributed by atoms with E-state index in [1.165, 1.54) is 6.20 Å². The largest absolute Gasteiger partial charge is 0.358 e. The fourth-order valence-corrected chi connectivity index (χ4v) is 2.26. The Morgan fingerprint density at radius 2 is 1.41 bits per heavy atom. The van der Waals surface area contributed by atoms with Crippen molar-refractivity contribution in [2.75, 3.05) is 5.32 Å². The van der Waals surface area contributed by atoms with E-state index in [9.17, 15) is 0 Å². The SMILES string of the molecule is N#Cc1cnc(NC(c2ccccc2)c2ccccc2)cn1. The second-order valence-corrected chi connectivity index (χ2v) is 4.80. The van der Waals surface area contributed by atoms with Crippen LogP contribution in [0.2, 0.25) is 0 Å². The van der Waals surface area contributed by atoms with Crippen LogP contribution in [-0.4, -0.2) is 9.97 Å². The summed E-state index contributed by atoms with van der Waals surface area (Å²) in [7, 11) is 0. The lowest BCUT2D eigenvalue weighted by Crippen LogP contribution is -2.13. The maximum absolute atomic E-state index is 8.79. The number of aromatic nitrogens is 2. The van der Waals surface area contributed by atoms with Gasteiger partial charge in [0.25, 0.3) is 0 Å². The molecule has 3 aromatic rings. The van der Waals surface area contributed by atoms with Gasteiger partial charge in [0.1, 0.15) is 11.9 Å². The molecule has 0 saturated heterocycles. The highest BCUT2D eigenvalue weighted by Crippen LogP contribution is 2.25. The van der Waals surface area contributed by atoms with Gasteiger partial charge in [-0.1, -0.05) is 60.7 Å². The Morgan fingerprint density at radius 1 is 0.818 bits per heavy atom. The van der Waals surface area contributed by atoms with Crippen molar-refractivity contribution in [1.82, 2.24) is 9.97 Å². The first-order chi connectivity index (χ1) is 10.9. The molecule has 0 radical (unpaired) electrons. The van der Waals surface area contributed by atoms with E-state index in [-0.39, 0.29) is 6.04 Å². The standard InChI is InChI=1S/C18H14N4/c19-11-16-12-21-17(13-20-16)22-18(14-7-3-1-4-8-14)15-9-5-2-6-10-15/h1-10,12-13,18H,(H,21,22). The Hall–Kier alpha value is -3.19. The van der Waals surface area contributed by atoms with Crippen molar-refractivity contribution in [2.24, 2.45) is 0 Å². The number of nitrogens with one attached hydrogen (secondary N) is 1. The van der Waals surface area contributed by atoms with Crippen molar-refractivity contribution < 1.29 is 0 Å². The van der Waals surface area contributed by atoms with Crippen LogP contribution in [0.3, 0.4) is 0 Å². The van der Waals surface area contributed by atoms with Crippen LogP contribution in [0.1, 0.15) is 22.9 Å². The number of rotatable bonds is 4. The minimum absolute atomic E-state index is 0.0235. The Labute approximate surface area is 129 Å². The molecule has 4 nitrogen and oxygen atoms in total. The zero-order valence-corrected chi connectivity index (χ0v) is 11.8. The molecule has 1 N–H and O–H groups in total. The Morgan fingerprint density at radius 3 is 1.86 bits per heavy atom. The predicted molar refractivity (Wildman–Crippen MR) is 85.1 cm³/mol. The van der Waals surface area contributed by atoms with Gasteiger partial charge in [-0.3, -0.25) is 0 Å². The molecule has 0 unspecified atom stereocenters. The molecular formula is C18H14N4. The molecule has 0 bridgehead atoms. The summed E-state index contributed by atoms with van der Waals surface area (Å²) in [5.41, 5.74) is 2.58. The summed E-state index contributed by atoms with van der Waals surface area (Å²) in [5, 5.41) is 12.2. The van der Waals surface area contributed by atoms with Crippen molar-refractivity contribution in [3.05, 3.63) is 89.9 Å². The normalized spacial score (nSPS) is 10.2. The average molecular weight is 286 g/mol. The van der Waals surface area contributed by atoms with Crippen LogP contribution < -0.4 is 5.32 Å². The molecule has 2 aromatic carbocycles. The molecular weight excluding hydrogens is 272 g/mol. The van der Waals surface area contributed by atoms with Gasteiger partial charge in [-0.25, -0.2) is 9.97 Å². The molecule has 1 aromatic heterocycles. The van der Waals surface area contributed by atoms with E-state index in [4.69, 9.17) is 5.26 Å². The summed E-state index contributed by atoms with van der Waals surface area (Å²) in [6.07, 6.45) is 3.05. The number of nitriles is 1. The molecule has 4 heteroatoms. The number of benzene rings is 2. The highest BCUT2D eigenvalue weighted by atomic mass is 15.0. The summed E-state index contributed by atoms with van der Waals surface area (Å²) in [5.74, 6) is 0.636. The number of anilines is 1. The van der Waals surface area contributed by atoms with Crippen molar-refractivity contribution in [3.63, 3.8) is 0 Å². The lowest BCUT2D eigenvalue weighted by atomic mass is 9.99. The van der Waals surface area contributed by atoms with E-state index in [2.05, 4.69) is 39.6 Å². The molecule has 0 aliphatic rings.